The molecule has 3 heteroatoms. The second-order valence-corrected chi connectivity index (χ2v) is 5.70. The summed E-state index contributed by atoms with van der Waals surface area (Å²) in [6, 6.07) is 11.3. The van der Waals surface area contributed by atoms with Gasteiger partial charge in [0.1, 0.15) is 5.82 Å². The van der Waals surface area contributed by atoms with Crippen LogP contribution < -0.4 is 5.56 Å². The van der Waals surface area contributed by atoms with Crippen molar-refractivity contribution in [3.05, 3.63) is 70.8 Å². The molecule has 1 saturated carbocycles. The van der Waals surface area contributed by atoms with Crippen LogP contribution in [0.25, 0.3) is 5.82 Å². The molecule has 0 spiro atoms. The van der Waals surface area contributed by atoms with Gasteiger partial charge in [-0.3, -0.25) is 9.36 Å². The second-order valence-electron chi connectivity index (χ2n) is 5.70. The Kier molecular flexibility index (Phi) is 2.59. The van der Waals surface area contributed by atoms with Gasteiger partial charge in [-0.05, 0) is 42.9 Å². The van der Waals surface area contributed by atoms with E-state index >= 15 is 0 Å². The van der Waals surface area contributed by atoms with Crippen LogP contribution in [0.2, 0.25) is 0 Å². The molecule has 0 N–H and O–H groups in total. The third-order valence-corrected chi connectivity index (χ3v) is 4.52. The predicted octanol–water partition coefficient (Wildman–Crippen LogP) is 2.91. The van der Waals surface area contributed by atoms with Crippen molar-refractivity contribution >= 4 is 0 Å². The number of aromatic nitrogens is 2. The van der Waals surface area contributed by atoms with E-state index < -0.39 is 0 Å². The summed E-state index contributed by atoms with van der Waals surface area (Å²) in [4.78, 5) is 16.7. The fourth-order valence-corrected chi connectivity index (χ4v) is 3.65. The van der Waals surface area contributed by atoms with Gasteiger partial charge in [0.2, 0.25) is 0 Å². The third kappa shape index (κ3) is 1.73. The third-order valence-electron chi connectivity index (χ3n) is 4.52. The molecule has 0 amide bonds. The van der Waals surface area contributed by atoms with Crippen LogP contribution in [0.15, 0.2) is 59.5 Å². The van der Waals surface area contributed by atoms with Gasteiger partial charge in [-0.25, -0.2) is 4.98 Å². The standard InChI is InChI=1S/C17H16N2O/c20-17-6-3-4-15(14-11-12-7-8-13(14)10-12)19(17)16-5-1-2-9-18-16/h1-9,12-14H,10-11H2/t12-,13+,14+/m0/s1. The fourth-order valence-electron chi connectivity index (χ4n) is 3.65. The van der Waals surface area contributed by atoms with Crippen LogP contribution in [-0.4, -0.2) is 9.55 Å². The number of pyridine rings is 2. The zero-order valence-corrected chi connectivity index (χ0v) is 11.1. The Morgan fingerprint density at radius 3 is 2.70 bits per heavy atom. The summed E-state index contributed by atoms with van der Waals surface area (Å²) in [7, 11) is 0. The lowest BCUT2D eigenvalue weighted by molar-refractivity contribution is 0.552. The van der Waals surface area contributed by atoms with Crippen LogP contribution in [-0.2, 0) is 0 Å². The monoisotopic (exact) mass is 264 g/mol. The van der Waals surface area contributed by atoms with E-state index in [1.807, 2.05) is 24.3 Å². The molecule has 100 valence electrons. The molecule has 0 aromatic carbocycles. The number of allylic oxidation sites excluding steroid dienone is 2. The molecule has 3 nitrogen and oxygen atoms in total. The van der Waals surface area contributed by atoms with E-state index in [2.05, 4.69) is 23.2 Å². The highest BCUT2D eigenvalue weighted by molar-refractivity contribution is 5.31. The lowest BCUT2D eigenvalue weighted by Gasteiger charge is -2.22. The van der Waals surface area contributed by atoms with Gasteiger partial charge in [0, 0.05) is 23.9 Å². The van der Waals surface area contributed by atoms with Crippen LogP contribution in [0.4, 0.5) is 0 Å². The van der Waals surface area contributed by atoms with Crippen LogP contribution >= 0.6 is 0 Å². The Bertz CT molecular complexity index is 717. The van der Waals surface area contributed by atoms with Gasteiger partial charge in [0.15, 0.2) is 0 Å². The summed E-state index contributed by atoms with van der Waals surface area (Å²) in [6.07, 6.45) is 8.76. The maximum Gasteiger partial charge on any atom is 0.256 e. The van der Waals surface area contributed by atoms with E-state index in [1.165, 1.54) is 6.42 Å². The number of rotatable bonds is 2. The predicted molar refractivity (Wildman–Crippen MR) is 77.9 cm³/mol. The Morgan fingerprint density at radius 2 is 2.00 bits per heavy atom. The SMILES string of the molecule is O=c1cccc([C@@H]2C[C@H]3C=C[C@@H]2C3)n1-c1ccccn1. The van der Waals surface area contributed by atoms with Gasteiger partial charge in [-0.15, -0.1) is 0 Å². The average molecular weight is 264 g/mol. The minimum atomic E-state index is 0.00736. The maximum atomic E-state index is 12.3. The zero-order chi connectivity index (χ0) is 13.5. The van der Waals surface area contributed by atoms with Crippen LogP contribution in [0.3, 0.4) is 0 Å². The molecule has 0 aliphatic heterocycles. The van der Waals surface area contributed by atoms with Crippen molar-refractivity contribution in [1.82, 2.24) is 9.55 Å². The van der Waals surface area contributed by atoms with Crippen molar-refractivity contribution < 1.29 is 0 Å². The fraction of sp³-hybridized carbons (Fsp3) is 0.294. The number of hydrogen-bond donors (Lipinski definition) is 0. The molecule has 4 rings (SSSR count). The van der Waals surface area contributed by atoms with Gasteiger partial charge in [-0.1, -0.05) is 24.3 Å². The summed E-state index contributed by atoms with van der Waals surface area (Å²) in [5.41, 5.74) is 1.11. The molecular weight excluding hydrogens is 248 g/mol. The number of hydrogen-bond acceptors (Lipinski definition) is 2. The van der Waals surface area contributed by atoms with E-state index in [0.29, 0.717) is 17.8 Å². The van der Waals surface area contributed by atoms with Crippen molar-refractivity contribution in [2.75, 3.05) is 0 Å². The number of fused-ring (bicyclic) bond motifs is 2. The van der Waals surface area contributed by atoms with E-state index in [1.54, 1.807) is 16.8 Å². The van der Waals surface area contributed by atoms with Crippen molar-refractivity contribution in [3.63, 3.8) is 0 Å². The molecule has 2 aromatic heterocycles. The maximum absolute atomic E-state index is 12.3. The topological polar surface area (TPSA) is 34.9 Å². The first-order chi connectivity index (χ1) is 9.83. The molecular formula is C17H16N2O. The quantitative estimate of drug-likeness (QED) is 0.782. The van der Waals surface area contributed by atoms with Gasteiger partial charge in [-0.2, -0.15) is 0 Å². The minimum absolute atomic E-state index is 0.00736. The van der Waals surface area contributed by atoms with E-state index in [9.17, 15) is 4.79 Å². The second kappa shape index (κ2) is 4.44. The highest BCUT2D eigenvalue weighted by Crippen LogP contribution is 2.48. The molecule has 20 heavy (non-hydrogen) atoms. The summed E-state index contributed by atoms with van der Waals surface area (Å²) in [6.45, 7) is 0. The molecule has 2 bridgehead atoms. The molecule has 2 aliphatic rings. The summed E-state index contributed by atoms with van der Waals surface area (Å²) in [5.74, 6) is 2.44. The summed E-state index contributed by atoms with van der Waals surface area (Å²) < 4.78 is 1.78. The van der Waals surface area contributed by atoms with Gasteiger partial charge in [0.05, 0.1) is 0 Å². The first-order valence-corrected chi connectivity index (χ1v) is 7.14. The smallest absolute Gasteiger partial charge is 0.256 e. The van der Waals surface area contributed by atoms with Gasteiger partial charge < -0.3 is 0 Å². The molecule has 2 aliphatic carbocycles. The van der Waals surface area contributed by atoms with Gasteiger partial charge >= 0.3 is 0 Å². The summed E-state index contributed by atoms with van der Waals surface area (Å²) >= 11 is 0. The van der Waals surface area contributed by atoms with Crippen molar-refractivity contribution in [3.8, 4) is 5.82 Å². The Labute approximate surface area is 117 Å². The van der Waals surface area contributed by atoms with Crippen LogP contribution in [0.1, 0.15) is 24.5 Å². The van der Waals surface area contributed by atoms with Crippen LogP contribution in [0.5, 0.6) is 0 Å². The molecule has 0 saturated heterocycles. The lowest BCUT2D eigenvalue weighted by Crippen LogP contribution is -2.24. The van der Waals surface area contributed by atoms with Crippen molar-refractivity contribution in [2.24, 2.45) is 11.8 Å². The van der Waals surface area contributed by atoms with Crippen LogP contribution in [0, 0.1) is 11.8 Å². The normalized spacial score (nSPS) is 27.1. The summed E-state index contributed by atoms with van der Waals surface area (Å²) in [5, 5.41) is 0. The largest absolute Gasteiger partial charge is 0.269 e. The zero-order valence-electron chi connectivity index (χ0n) is 11.1. The van der Waals surface area contributed by atoms with E-state index in [-0.39, 0.29) is 5.56 Å². The minimum Gasteiger partial charge on any atom is -0.269 e. The first kappa shape index (κ1) is 11.6. The Morgan fingerprint density at radius 1 is 1.05 bits per heavy atom. The Hall–Kier alpha value is -2.16. The Balaban J connectivity index is 1.87. The molecule has 1 fully saturated rings. The molecule has 3 atom stereocenters. The molecule has 0 radical (unpaired) electrons. The average Bonchev–Trinajstić information content (AvgIpc) is 3.10. The van der Waals surface area contributed by atoms with Crippen molar-refractivity contribution in [2.45, 2.75) is 18.8 Å². The first-order valence-electron chi connectivity index (χ1n) is 7.14. The van der Waals surface area contributed by atoms with E-state index in [4.69, 9.17) is 0 Å². The highest BCUT2D eigenvalue weighted by Gasteiger charge is 2.37. The van der Waals surface area contributed by atoms with E-state index in [0.717, 1.165) is 17.9 Å². The lowest BCUT2D eigenvalue weighted by atomic mass is 9.90. The van der Waals surface area contributed by atoms with Gasteiger partial charge in [0.25, 0.3) is 5.56 Å². The van der Waals surface area contributed by atoms with Crippen molar-refractivity contribution in [1.29, 1.82) is 0 Å². The highest BCUT2D eigenvalue weighted by atomic mass is 16.1. The number of nitrogens with zero attached hydrogens (tertiary/aromatic N) is 2. The molecule has 2 heterocycles. The molecule has 2 aromatic rings. The molecule has 0 unspecified atom stereocenters.